The summed E-state index contributed by atoms with van der Waals surface area (Å²) >= 11 is 0.947. The molecule has 0 fully saturated rings. The third-order valence-electron chi connectivity index (χ3n) is 1.89. The molecule has 0 aliphatic heterocycles. The molecule has 2 nitrogen and oxygen atoms in total. The van der Waals surface area contributed by atoms with Crippen molar-refractivity contribution in [2.75, 3.05) is 0 Å². The number of hydrogen-bond acceptors (Lipinski definition) is 3. The predicted molar refractivity (Wildman–Crippen MR) is 57.6 cm³/mol. The molecule has 0 N–H and O–H groups in total. The lowest BCUT2D eigenvalue weighted by Gasteiger charge is -2.09. The maximum atomic E-state index is 12.6. The van der Waals surface area contributed by atoms with Crippen LogP contribution in [0.15, 0.2) is 52.6 Å². The van der Waals surface area contributed by atoms with Crippen molar-refractivity contribution in [3.05, 3.63) is 48.4 Å². The SMILES string of the molecule is FC(F)(F)c1nccnc1Sc1ccccc1. The average molecular weight is 256 g/mol. The Balaban J connectivity index is 2.34. The lowest BCUT2D eigenvalue weighted by atomic mass is 10.4. The van der Waals surface area contributed by atoms with Crippen molar-refractivity contribution in [2.45, 2.75) is 16.1 Å². The van der Waals surface area contributed by atoms with Crippen molar-refractivity contribution in [3.8, 4) is 0 Å². The molecule has 0 saturated heterocycles. The summed E-state index contributed by atoms with van der Waals surface area (Å²) in [5.41, 5.74) is -0.950. The van der Waals surface area contributed by atoms with Crippen LogP contribution in [-0.2, 0) is 6.18 Å². The summed E-state index contributed by atoms with van der Waals surface area (Å²) in [5.74, 6) is 0. The zero-order valence-electron chi connectivity index (χ0n) is 8.48. The van der Waals surface area contributed by atoms with Gasteiger partial charge in [-0.3, -0.25) is 0 Å². The fraction of sp³-hybridized carbons (Fsp3) is 0.0909. The van der Waals surface area contributed by atoms with Gasteiger partial charge in [0.05, 0.1) is 0 Å². The second-order valence-corrected chi connectivity index (χ2v) is 4.19. The largest absolute Gasteiger partial charge is 0.436 e. The Bertz CT molecular complexity index is 500. The molecule has 0 radical (unpaired) electrons. The van der Waals surface area contributed by atoms with Gasteiger partial charge in [-0.15, -0.1) is 0 Å². The van der Waals surface area contributed by atoms with Gasteiger partial charge < -0.3 is 0 Å². The summed E-state index contributed by atoms with van der Waals surface area (Å²) < 4.78 is 37.9. The van der Waals surface area contributed by atoms with E-state index in [9.17, 15) is 13.2 Å². The highest BCUT2D eigenvalue weighted by Gasteiger charge is 2.36. The van der Waals surface area contributed by atoms with E-state index < -0.39 is 11.9 Å². The van der Waals surface area contributed by atoms with E-state index in [0.717, 1.165) is 18.0 Å². The van der Waals surface area contributed by atoms with E-state index in [1.54, 1.807) is 30.3 Å². The van der Waals surface area contributed by atoms with Crippen LogP contribution in [0.1, 0.15) is 5.69 Å². The van der Waals surface area contributed by atoms with Gasteiger partial charge in [0.15, 0.2) is 5.69 Å². The Morgan fingerprint density at radius 3 is 2.24 bits per heavy atom. The molecule has 6 heteroatoms. The van der Waals surface area contributed by atoms with Crippen LogP contribution in [0.25, 0.3) is 0 Å². The van der Waals surface area contributed by atoms with Crippen LogP contribution in [0.4, 0.5) is 13.2 Å². The Hall–Kier alpha value is -1.56. The Labute approximate surface area is 99.9 Å². The van der Waals surface area contributed by atoms with Gasteiger partial charge in [0, 0.05) is 17.3 Å². The number of nitrogens with zero attached hydrogens (tertiary/aromatic N) is 2. The smallest absolute Gasteiger partial charge is 0.248 e. The first-order chi connectivity index (χ1) is 8.07. The Kier molecular flexibility index (Phi) is 3.33. The summed E-state index contributed by atoms with van der Waals surface area (Å²) in [6.45, 7) is 0. The highest BCUT2D eigenvalue weighted by Crippen LogP contribution is 2.36. The second-order valence-electron chi connectivity index (χ2n) is 3.12. The molecule has 0 atom stereocenters. The van der Waals surface area contributed by atoms with E-state index in [2.05, 4.69) is 9.97 Å². The molecule has 1 heterocycles. The number of alkyl halides is 3. The minimum Gasteiger partial charge on any atom is -0.248 e. The summed E-state index contributed by atoms with van der Waals surface area (Å²) in [5, 5.41) is -0.133. The first-order valence-corrected chi connectivity index (χ1v) is 5.50. The summed E-state index contributed by atoms with van der Waals surface area (Å²) in [6.07, 6.45) is -2.19. The van der Waals surface area contributed by atoms with Gasteiger partial charge in [0.2, 0.25) is 0 Å². The van der Waals surface area contributed by atoms with Crippen LogP contribution in [0, 0.1) is 0 Å². The Morgan fingerprint density at radius 2 is 1.59 bits per heavy atom. The van der Waals surface area contributed by atoms with Crippen LogP contribution >= 0.6 is 11.8 Å². The van der Waals surface area contributed by atoms with Crippen LogP contribution in [-0.4, -0.2) is 9.97 Å². The Morgan fingerprint density at radius 1 is 0.941 bits per heavy atom. The van der Waals surface area contributed by atoms with Crippen molar-refractivity contribution in [2.24, 2.45) is 0 Å². The van der Waals surface area contributed by atoms with Gasteiger partial charge in [0.25, 0.3) is 0 Å². The third-order valence-corrected chi connectivity index (χ3v) is 2.89. The van der Waals surface area contributed by atoms with Gasteiger partial charge >= 0.3 is 6.18 Å². The molecule has 17 heavy (non-hydrogen) atoms. The molecule has 1 aromatic carbocycles. The van der Waals surface area contributed by atoms with E-state index in [1.807, 2.05) is 0 Å². The number of halogens is 3. The van der Waals surface area contributed by atoms with Crippen LogP contribution in [0.3, 0.4) is 0 Å². The van der Waals surface area contributed by atoms with Gasteiger partial charge in [-0.25, -0.2) is 9.97 Å². The number of rotatable bonds is 2. The van der Waals surface area contributed by atoms with E-state index in [4.69, 9.17) is 0 Å². The number of aromatic nitrogens is 2. The minimum absolute atomic E-state index is 0.133. The molecule has 0 aliphatic carbocycles. The lowest BCUT2D eigenvalue weighted by Crippen LogP contribution is -2.10. The van der Waals surface area contributed by atoms with Crippen molar-refractivity contribution in [1.29, 1.82) is 0 Å². The van der Waals surface area contributed by atoms with Crippen molar-refractivity contribution < 1.29 is 13.2 Å². The zero-order chi connectivity index (χ0) is 12.3. The molecule has 0 saturated carbocycles. The molecule has 0 amide bonds. The fourth-order valence-corrected chi connectivity index (χ4v) is 2.09. The lowest BCUT2D eigenvalue weighted by molar-refractivity contribution is -0.143. The molecule has 0 bridgehead atoms. The fourth-order valence-electron chi connectivity index (χ4n) is 1.19. The normalized spacial score (nSPS) is 11.5. The molecular formula is C11H7F3N2S. The number of benzene rings is 1. The third kappa shape index (κ3) is 2.97. The molecule has 0 aliphatic rings. The number of hydrogen-bond donors (Lipinski definition) is 0. The molecular weight excluding hydrogens is 249 g/mol. The molecule has 0 unspecified atom stereocenters. The molecule has 1 aromatic heterocycles. The molecule has 0 spiro atoms. The summed E-state index contributed by atoms with van der Waals surface area (Å²) in [6, 6.07) is 8.75. The van der Waals surface area contributed by atoms with E-state index in [-0.39, 0.29) is 5.03 Å². The summed E-state index contributed by atoms with van der Waals surface area (Å²) in [7, 11) is 0. The van der Waals surface area contributed by atoms with E-state index >= 15 is 0 Å². The van der Waals surface area contributed by atoms with Crippen molar-refractivity contribution in [1.82, 2.24) is 9.97 Å². The second kappa shape index (κ2) is 4.75. The highest BCUT2D eigenvalue weighted by molar-refractivity contribution is 7.99. The molecule has 2 rings (SSSR count). The van der Waals surface area contributed by atoms with Gasteiger partial charge in [-0.1, -0.05) is 30.0 Å². The van der Waals surface area contributed by atoms with Crippen LogP contribution < -0.4 is 0 Å². The quantitative estimate of drug-likeness (QED) is 0.820. The highest BCUT2D eigenvalue weighted by atomic mass is 32.2. The van der Waals surface area contributed by atoms with Crippen LogP contribution in [0.2, 0.25) is 0 Å². The zero-order valence-corrected chi connectivity index (χ0v) is 9.29. The van der Waals surface area contributed by atoms with Gasteiger partial charge in [0.1, 0.15) is 5.03 Å². The predicted octanol–water partition coefficient (Wildman–Crippen LogP) is 3.65. The van der Waals surface area contributed by atoms with Gasteiger partial charge in [-0.05, 0) is 12.1 Å². The standard InChI is InChI=1S/C11H7F3N2S/c12-11(13,14)9-10(16-7-6-15-9)17-8-4-2-1-3-5-8/h1-7H. The maximum Gasteiger partial charge on any atom is 0.436 e. The average Bonchev–Trinajstić information content (AvgIpc) is 2.30. The topological polar surface area (TPSA) is 25.8 Å². The monoisotopic (exact) mass is 256 g/mol. The van der Waals surface area contributed by atoms with Gasteiger partial charge in [-0.2, -0.15) is 13.2 Å². The first-order valence-electron chi connectivity index (χ1n) is 4.68. The van der Waals surface area contributed by atoms with E-state index in [0.29, 0.717) is 4.90 Å². The van der Waals surface area contributed by atoms with E-state index in [1.165, 1.54) is 6.20 Å². The minimum atomic E-state index is -4.48. The van der Waals surface area contributed by atoms with Crippen LogP contribution in [0.5, 0.6) is 0 Å². The first kappa shape index (κ1) is 11.9. The molecule has 88 valence electrons. The van der Waals surface area contributed by atoms with Crippen molar-refractivity contribution in [3.63, 3.8) is 0 Å². The maximum absolute atomic E-state index is 12.6. The summed E-state index contributed by atoms with van der Waals surface area (Å²) in [4.78, 5) is 7.75. The molecule has 2 aromatic rings. The van der Waals surface area contributed by atoms with Crippen molar-refractivity contribution >= 4 is 11.8 Å².